The van der Waals surface area contributed by atoms with Gasteiger partial charge in [0, 0.05) is 17.7 Å². The first-order valence-corrected chi connectivity index (χ1v) is 10.5. The Balaban J connectivity index is 1.22. The maximum Gasteiger partial charge on any atom is 0.256 e. The number of carbonyl (C=O) groups is 1. The second kappa shape index (κ2) is 9.24. The number of amides is 1. The Morgan fingerprint density at radius 2 is 1.50 bits per heavy atom. The van der Waals surface area contributed by atoms with Gasteiger partial charge in [-0.3, -0.25) is 4.79 Å². The average Bonchev–Trinajstić information content (AvgIpc) is 3.04. The van der Waals surface area contributed by atoms with Crippen molar-refractivity contribution in [2.75, 3.05) is 6.54 Å². The van der Waals surface area contributed by atoms with Gasteiger partial charge >= 0.3 is 0 Å². The molecule has 2 atom stereocenters. The molecule has 0 saturated carbocycles. The molecule has 4 heteroatoms. The van der Waals surface area contributed by atoms with Crippen molar-refractivity contribution in [1.82, 2.24) is 4.90 Å². The molecular weight excluding hydrogens is 374 g/mol. The maximum atomic E-state index is 12.4. The molecule has 2 unspecified atom stereocenters. The van der Waals surface area contributed by atoms with Crippen molar-refractivity contribution in [2.45, 2.75) is 38.0 Å². The van der Waals surface area contributed by atoms with Gasteiger partial charge in [-0.1, -0.05) is 72.8 Å². The van der Waals surface area contributed by atoms with E-state index in [0.717, 1.165) is 6.42 Å². The highest BCUT2D eigenvalue weighted by Crippen LogP contribution is 2.31. The van der Waals surface area contributed by atoms with Crippen LogP contribution in [-0.2, 0) is 6.42 Å². The van der Waals surface area contributed by atoms with Crippen molar-refractivity contribution in [3.05, 3.63) is 95.6 Å². The summed E-state index contributed by atoms with van der Waals surface area (Å²) in [6.07, 6.45) is 1.46. The Kier molecular flexibility index (Phi) is 6.26. The van der Waals surface area contributed by atoms with E-state index < -0.39 is 12.3 Å². The molecule has 1 aliphatic heterocycles. The number of aryl methyl sites for hydroxylation is 1. The molecule has 1 amide bonds. The third kappa shape index (κ3) is 4.45. The molecule has 0 saturated heterocycles. The van der Waals surface area contributed by atoms with Crippen LogP contribution >= 0.6 is 0 Å². The summed E-state index contributed by atoms with van der Waals surface area (Å²) >= 11 is 0. The number of hydrogen-bond donors (Lipinski definition) is 2. The molecule has 1 aliphatic rings. The zero-order valence-corrected chi connectivity index (χ0v) is 16.9. The maximum absolute atomic E-state index is 12.4. The number of fused-ring (bicyclic) bond motifs is 1. The quantitative estimate of drug-likeness (QED) is 0.581. The topological polar surface area (TPSA) is 60.8 Å². The minimum atomic E-state index is -0.881. The van der Waals surface area contributed by atoms with Crippen molar-refractivity contribution in [3.63, 3.8) is 0 Å². The van der Waals surface area contributed by atoms with E-state index in [0.29, 0.717) is 36.9 Å². The van der Waals surface area contributed by atoms with Gasteiger partial charge in [0.15, 0.2) is 6.23 Å². The normalized spacial score (nSPS) is 16.5. The zero-order valence-electron chi connectivity index (χ0n) is 16.9. The van der Waals surface area contributed by atoms with Gasteiger partial charge in [0.25, 0.3) is 5.91 Å². The lowest BCUT2D eigenvalue weighted by molar-refractivity contribution is 0.0151. The Morgan fingerprint density at radius 1 is 0.833 bits per heavy atom. The molecule has 0 radical (unpaired) electrons. The summed E-state index contributed by atoms with van der Waals surface area (Å²) in [6.45, 7) is 0.442. The molecule has 30 heavy (non-hydrogen) atoms. The van der Waals surface area contributed by atoms with E-state index >= 15 is 0 Å². The van der Waals surface area contributed by atoms with Gasteiger partial charge in [0.1, 0.15) is 0 Å². The lowest BCUT2D eigenvalue weighted by Gasteiger charge is -2.21. The smallest absolute Gasteiger partial charge is 0.256 e. The summed E-state index contributed by atoms with van der Waals surface area (Å²) in [5.74, 6) is -0.133. The molecule has 2 N–H and O–H groups in total. The van der Waals surface area contributed by atoms with Crippen LogP contribution in [0.1, 0.15) is 47.0 Å². The molecule has 0 fully saturated rings. The first-order chi connectivity index (χ1) is 14.6. The van der Waals surface area contributed by atoms with E-state index in [9.17, 15) is 15.0 Å². The van der Waals surface area contributed by atoms with E-state index in [1.165, 1.54) is 21.6 Å². The predicted octanol–water partition coefficient (Wildman–Crippen LogP) is 4.57. The van der Waals surface area contributed by atoms with Gasteiger partial charge in [0.05, 0.1) is 6.10 Å². The van der Waals surface area contributed by atoms with E-state index in [2.05, 4.69) is 36.4 Å². The molecule has 0 spiro atoms. The largest absolute Gasteiger partial charge is 0.393 e. The Labute approximate surface area is 177 Å². The Morgan fingerprint density at radius 3 is 2.23 bits per heavy atom. The van der Waals surface area contributed by atoms with Crippen LogP contribution in [0.5, 0.6) is 0 Å². The van der Waals surface area contributed by atoms with Crippen LogP contribution < -0.4 is 0 Å². The van der Waals surface area contributed by atoms with E-state index in [4.69, 9.17) is 0 Å². The summed E-state index contributed by atoms with van der Waals surface area (Å²) in [6, 6.07) is 25.9. The molecule has 1 heterocycles. The molecule has 0 aliphatic carbocycles. The van der Waals surface area contributed by atoms with Crippen LogP contribution in [0.25, 0.3) is 11.1 Å². The number of aliphatic hydroxyl groups is 2. The fourth-order valence-corrected chi connectivity index (χ4v) is 4.04. The van der Waals surface area contributed by atoms with Crippen molar-refractivity contribution in [2.24, 2.45) is 0 Å². The van der Waals surface area contributed by atoms with E-state index in [-0.39, 0.29) is 5.91 Å². The van der Waals surface area contributed by atoms with Crippen LogP contribution in [0.15, 0.2) is 78.9 Å². The lowest BCUT2D eigenvalue weighted by Crippen LogP contribution is -2.29. The van der Waals surface area contributed by atoms with Gasteiger partial charge in [-0.25, -0.2) is 0 Å². The number of hydrogen-bond acceptors (Lipinski definition) is 3. The first kappa shape index (κ1) is 20.3. The van der Waals surface area contributed by atoms with Crippen LogP contribution in [0, 0.1) is 0 Å². The van der Waals surface area contributed by atoms with Crippen molar-refractivity contribution < 1.29 is 15.0 Å². The summed E-state index contributed by atoms with van der Waals surface area (Å²) in [4.78, 5) is 13.9. The van der Waals surface area contributed by atoms with Gasteiger partial charge in [0.2, 0.25) is 0 Å². The molecule has 0 bridgehead atoms. The average molecular weight is 402 g/mol. The highest BCUT2D eigenvalue weighted by Gasteiger charge is 2.34. The Hall–Kier alpha value is -2.95. The van der Waals surface area contributed by atoms with Gasteiger partial charge in [-0.05, 0) is 48.4 Å². The van der Waals surface area contributed by atoms with Crippen LogP contribution in [0.4, 0.5) is 0 Å². The summed E-state index contributed by atoms with van der Waals surface area (Å²) in [5, 5.41) is 20.7. The number of aliphatic hydroxyl groups excluding tert-OH is 2. The minimum absolute atomic E-state index is 0.133. The van der Waals surface area contributed by atoms with Crippen LogP contribution in [-0.4, -0.2) is 33.7 Å². The van der Waals surface area contributed by atoms with Crippen molar-refractivity contribution >= 4 is 5.91 Å². The standard InChI is InChI=1S/C26H27NO3/c28-22(9-6-18-27-25(29)23-10-4-5-11-24(23)26(27)30)17-14-19-12-15-21(16-13-19)20-7-2-1-3-8-20/h1-5,7-8,10-13,15-16,22,25,28-29H,6,9,14,17-18H2. The predicted molar refractivity (Wildman–Crippen MR) is 118 cm³/mol. The third-order valence-corrected chi connectivity index (χ3v) is 5.79. The van der Waals surface area contributed by atoms with Gasteiger partial charge < -0.3 is 15.1 Å². The zero-order chi connectivity index (χ0) is 20.9. The lowest BCUT2D eigenvalue weighted by atomic mass is 10.00. The second-order valence-corrected chi connectivity index (χ2v) is 7.86. The number of benzene rings is 3. The number of carbonyl (C=O) groups excluding carboxylic acids is 1. The first-order valence-electron chi connectivity index (χ1n) is 10.5. The van der Waals surface area contributed by atoms with E-state index in [1.807, 2.05) is 30.3 Å². The SMILES string of the molecule is O=C1c2ccccc2C(O)N1CCCC(O)CCc1ccc(-c2ccccc2)cc1. The highest BCUT2D eigenvalue weighted by molar-refractivity contribution is 5.98. The van der Waals surface area contributed by atoms with Crippen molar-refractivity contribution in [3.8, 4) is 11.1 Å². The monoisotopic (exact) mass is 401 g/mol. The summed E-state index contributed by atoms with van der Waals surface area (Å²) < 4.78 is 0. The summed E-state index contributed by atoms with van der Waals surface area (Å²) in [7, 11) is 0. The molecule has 4 rings (SSSR count). The molecule has 3 aromatic rings. The van der Waals surface area contributed by atoms with Crippen LogP contribution in [0.3, 0.4) is 0 Å². The number of nitrogens with zero attached hydrogens (tertiary/aromatic N) is 1. The molecule has 0 aromatic heterocycles. The van der Waals surface area contributed by atoms with Gasteiger partial charge in [-0.2, -0.15) is 0 Å². The fraction of sp³-hybridized carbons (Fsp3) is 0.269. The molecule has 154 valence electrons. The molecular formula is C26H27NO3. The van der Waals surface area contributed by atoms with Gasteiger partial charge in [-0.15, -0.1) is 0 Å². The summed E-state index contributed by atoms with van der Waals surface area (Å²) in [5.41, 5.74) is 4.83. The fourth-order valence-electron chi connectivity index (χ4n) is 4.04. The molecule has 3 aromatic carbocycles. The highest BCUT2D eigenvalue weighted by atomic mass is 16.3. The van der Waals surface area contributed by atoms with Crippen molar-refractivity contribution in [1.29, 1.82) is 0 Å². The minimum Gasteiger partial charge on any atom is -0.393 e. The Bertz CT molecular complexity index is 985. The van der Waals surface area contributed by atoms with E-state index in [1.54, 1.807) is 12.1 Å². The third-order valence-electron chi connectivity index (χ3n) is 5.79. The molecule has 4 nitrogen and oxygen atoms in total. The van der Waals surface area contributed by atoms with Crippen LogP contribution in [0.2, 0.25) is 0 Å². The number of rotatable bonds is 8. The second-order valence-electron chi connectivity index (χ2n) is 7.86.